The molecule has 92 valence electrons. The predicted molar refractivity (Wildman–Crippen MR) is 68.8 cm³/mol. The lowest BCUT2D eigenvalue weighted by atomic mass is 10.1. The summed E-state index contributed by atoms with van der Waals surface area (Å²) in [6, 6.07) is 8.09. The molecule has 2 N–H and O–H groups in total. The van der Waals surface area contributed by atoms with E-state index in [1.807, 2.05) is 19.1 Å². The normalized spacial score (nSPS) is 18.4. The van der Waals surface area contributed by atoms with Crippen LogP contribution >= 0.6 is 0 Å². The molecular formula is C13H19N3O. The molecule has 0 bridgehead atoms. The van der Waals surface area contributed by atoms with E-state index in [0.29, 0.717) is 0 Å². The van der Waals surface area contributed by atoms with Gasteiger partial charge in [-0.15, -0.1) is 0 Å². The van der Waals surface area contributed by atoms with Crippen LogP contribution in [0.5, 0.6) is 0 Å². The number of primary amides is 1. The van der Waals surface area contributed by atoms with Crippen molar-refractivity contribution in [3.63, 3.8) is 0 Å². The third-order valence-corrected chi connectivity index (χ3v) is 3.46. The molecule has 17 heavy (non-hydrogen) atoms. The molecule has 1 aliphatic heterocycles. The lowest BCUT2D eigenvalue weighted by Gasteiger charge is -2.25. The molecule has 1 atom stereocenters. The maximum atomic E-state index is 11.3. The third-order valence-electron chi connectivity index (χ3n) is 3.46. The highest BCUT2D eigenvalue weighted by Gasteiger charge is 2.23. The molecule has 2 rings (SSSR count). The van der Waals surface area contributed by atoms with Gasteiger partial charge in [0.1, 0.15) is 0 Å². The van der Waals surface area contributed by atoms with Gasteiger partial charge in [-0.25, -0.2) is 0 Å². The summed E-state index contributed by atoms with van der Waals surface area (Å²) < 4.78 is 0. The van der Waals surface area contributed by atoms with Crippen molar-refractivity contribution in [2.24, 2.45) is 5.73 Å². The molecule has 1 aliphatic rings. The molecule has 0 saturated heterocycles. The minimum Gasteiger partial charge on any atom is -0.373 e. The Morgan fingerprint density at radius 1 is 1.35 bits per heavy atom. The average molecular weight is 233 g/mol. The standard InChI is InChI=1S/C13H19N3O/c1-10(13(14)17)16-8-7-15(2)12-6-4-3-5-11(12)9-16/h3-6,10H,7-9H2,1-2H3,(H2,14,17). The second-order valence-electron chi connectivity index (χ2n) is 4.60. The van der Waals surface area contributed by atoms with Crippen molar-refractivity contribution in [1.29, 1.82) is 0 Å². The third kappa shape index (κ3) is 2.42. The van der Waals surface area contributed by atoms with Crippen LogP contribution in [-0.4, -0.2) is 37.0 Å². The van der Waals surface area contributed by atoms with Crippen LogP contribution in [0.4, 0.5) is 5.69 Å². The Morgan fingerprint density at radius 2 is 2.06 bits per heavy atom. The summed E-state index contributed by atoms with van der Waals surface area (Å²) in [4.78, 5) is 15.6. The molecule has 0 radical (unpaired) electrons. The topological polar surface area (TPSA) is 49.6 Å². The van der Waals surface area contributed by atoms with Gasteiger partial charge in [0.05, 0.1) is 6.04 Å². The number of hydrogen-bond acceptors (Lipinski definition) is 3. The summed E-state index contributed by atoms with van der Waals surface area (Å²) in [6.07, 6.45) is 0. The van der Waals surface area contributed by atoms with Crippen molar-refractivity contribution in [1.82, 2.24) is 4.90 Å². The van der Waals surface area contributed by atoms with Gasteiger partial charge >= 0.3 is 0 Å². The van der Waals surface area contributed by atoms with E-state index < -0.39 is 0 Å². The number of nitrogens with zero attached hydrogens (tertiary/aromatic N) is 2. The van der Waals surface area contributed by atoms with Crippen LogP contribution < -0.4 is 10.6 Å². The molecule has 0 spiro atoms. The Balaban J connectivity index is 2.26. The second kappa shape index (κ2) is 4.75. The number of nitrogens with two attached hydrogens (primary N) is 1. The van der Waals surface area contributed by atoms with E-state index in [0.717, 1.165) is 19.6 Å². The molecule has 1 aromatic carbocycles. The zero-order valence-electron chi connectivity index (χ0n) is 10.4. The fourth-order valence-electron chi connectivity index (χ4n) is 2.22. The van der Waals surface area contributed by atoms with E-state index in [1.54, 1.807) is 0 Å². The van der Waals surface area contributed by atoms with Gasteiger partial charge in [0.15, 0.2) is 0 Å². The number of fused-ring (bicyclic) bond motifs is 1. The summed E-state index contributed by atoms with van der Waals surface area (Å²) in [7, 11) is 2.08. The van der Waals surface area contributed by atoms with Gasteiger partial charge in [0, 0.05) is 32.4 Å². The van der Waals surface area contributed by atoms with Crippen molar-refractivity contribution in [3.05, 3.63) is 29.8 Å². The molecule has 1 aromatic rings. The fraction of sp³-hybridized carbons (Fsp3) is 0.462. The van der Waals surface area contributed by atoms with Crippen molar-refractivity contribution < 1.29 is 4.79 Å². The Bertz CT molecular complexity index is 419. The zero-order valence-corrected chi connectivity index (χ0v) is 10.4. The van der Waals surface area contributed by atoms with Gasteiger partial charge in [-0.1, -0.05) is 18.2 Å². The van der Waals surface area contributed by atoms with E-state index >= 15 is 0 Å². The number of likely N-dealkylation sites (N-methyl/N-ethyl adjacent to an activating group) is 1. The Morgan fingerprint density at radius 3 is 2.76 bits per heavy atom. The molecule has 1 unspecified atom stereocenters. The van der Waals surface area contributed by atoms with E-state index in [1.165, 1.54) is 11.3 Å². The minimum atomic E-state index is -0.257. The van der Waals surface area contributed by atoms with Crippen LogP contribution in [0, 0.1) is 0 Å². The zero-order chi connectivity index (χ0) is 12.4. The van der Waals surface area contributed by atoms with Crippen LogP contribution in [0.1, 0.15) is 12.5 Å². The van der Waals surface area contributed by atoms with Gasteiger partial charge in [-0.3, -0.25) is 9.69 Å². The maximum absolute atomic E-state index is 11.3. The highest BCUT2D eigenvalue weighted by molar-refractivity contribution is 5.79. The number of rotatable bonds is 2. The molecule has 0 aromatic heterocycles. The highest BCUT2D eigenvalue weighted by atomic mass is 16.1. The van der Waals surface area contributed by atoms with E-state index in [4.69, 9.17) is 5.73 Å². The van der Waals surface area contributed by atoms with Crippen LogP contribution in [0.25, 0.3) is 0 Å². The molecule has 0 aliphatic carbocycles. The number of anilines is 1. The van der Waals surface area contributed by atoms with Gasteiger partial charge in [0.2, 0.25) is 5.91 Å². The highest BCUT2D eigenvalue weighted by Crippen LogP contribution is 2.24. The van der Waals surface area contributed by atoms with Gasteiger partial charge in [-0.2, -0.15) is 0 Å². The lowest BCUT2D eigenvalue weighted by Crippen LogP contribution is -2.43. The number of carbonyl (C=O) groups excluding carboxylic acids is 1. The minimum absolute atomic E-state index is 0.213. The van der Waals surface area contributed by atoms with E-state index in [2.05, 4.69) is 29.0 Å². The lowest BCUT2D eigenvalue weighted by molar-refractivity contribution is -0.122. The Kier molecular flexibility index (Phi) is 3.33. The monoisotopic (exact) mass is 233 g/mol. The first kappa shape index (κ1) is 11.9. The van der Waals surface area contributed by atoms with Gasteiger partial charge in [-0.05, 0) is 18.6 Å². The fourth-order valence-corrected chi connectivity index (χ4v) is 2.22. The summed E-state index contributed by atoms with van der Waals surface area (Å²) in [5.74, 6) is -0.257. The van der Waals surface area contributed by atoms with Crippen LogP contribution in [-0.2, 0) is 11.3 Å². The molecule has 0 fully saturated rings. The SMILES string of the molecule is CC(C(N)=O)N1CCN(C)c2ccccc2C1. The first-order valence-corrected chi connectivity index (χ1v) is 5.92. The smallest absolute Gasteiger partial charge is 0.234 e. The van der Waals surface area contributed by atoms with Crippen LogP contribution in [0.3, 0.4) is 0 Å². The van der Waals surface area contributed by atoms with Crippen LogP contribution in [0.2, 0.25) is 0 Å². The Labute approximate surface area is 102 Å². The molecule has 4 nitrogen and oxygen atoms in total. The first-order valence-electron chi connectivity index (χ1n) is 5.92. The quantitative estimate of drug-likeness (QED) is 0.822. The number of hydrogen-bond donors (Lipinski definition) is 1. The van der Waals surface area contributed by atoms with Crippen molar-refractivity contribution in [2.45, 2.75) is 19.5 Å². The van der Waals surface area contributed by atoms with Crippen molar-refractivity contribution in [2.75, 3.05) is 25.0 Å². The number of para-hydroxylation sites is 1. The molecule has 0 saturated carbocycles. The molecule has 1 heterocycles. The summed E-state index contributed by atoms with van der Waals surface area (Å²) in [5, 5.41) is 0. The summed E-state index contributed by atoms with van der Waals surface area (Å²) in [6.45, 7) is 4.42. The molecule has 4 heteroatoms. The average Bonchev–Trinajstić information content (AvgIpc) is 2.48. The Hall–Kier alpha value is -1.55. The predicted octanol–water partition coefficient (Wildman–Crippen LogP) is 0.812. The molecule has 1 amide bonds. The first-order chi connectivity index (χ1) is 8.09. The molecular weight excluding hydrogens is 214 g/mol. The van der Waals surface area contributed by atoms with E-state index in [-0.39, 0.29) is 11.9 Å². The number of carbonyl (C=O) groups is 1. The van der Waals surface area contributed by atoms with Crippen molar-refractivity contribution in [3.8, 4) is 0 Å². The number of amides is 1. The van der Waals surface area contributed by atoms with Crippen LogP contribution in [0.15, 0.2) is 24.3 Å². The largest absolute Gasteiger partial charge is 0.373 e. The van der Waals surface area contributed by atoms with E-state index in [9.17, 15) is 4.79 Å². The second-order valence-corrected chi connectivity index (χ2v) is 4.60. The van der Waals surface area contributed by atoms with Gasteiger partial charge < -0.3 is 10.6 Å². The van der Waals surface area contributed by atoms with Crippen molar-refractivity contribution >= 4 is 11.6 Å². The summed E-state index contributed by atoms with van der Waals surface area (Å²) in [5.41, 5.74) is 7.87. The summed E-state index contributed by atoms with van der Waals surface area (Å²) >= 11 is 0. The number of benzene rings is 1. The van der Waals surface area contributed by atoms with Gasteiger partial charge in [0.25, 0.3) is 0 Å². The maximum Gasteiger partial charge on any atom is 0.234 e.